The van der Waals surface area contributed by atoms with Crippen molar-refractivity contribution in [3.63, 3.8) is 0 Å². The second-order valence-electron chi connectivity index (χ2n) is 16.6. The van der Waals surface area contributed by atoms with E-state index in [2.05, 4.69) is 34.4 Å². The zero-order valence-corrected chi connectivity index (χ0v) is 36.4. The summed E-state index contributed by atoms with van der Waals surface area (Å²) in [6.45, 7) is 19.0. The number of hydrogen-bond donors (Lipinski definition) is 1. The summed E-state index contributed by atoms with van der Waals surface area (Å²) in [4.78, 5) is 37.5. The van der Waals surface area contributed by atoms with Gasteiger partial charge in [0, 0.05) is 103 Å². The molecular formula is C42H60N4O10S2. The molecule has 58 heavy (non-hydrogen) atoms. The largest absolute Gasteiger partial charge is 0.461 e. The third kappa shape index (κ3) is 10.2. The minimum absolute atomic E-state index is 0. The van der Waals surface area contributed by atoms with Crippen LogP contribution in [0.5, 0.6) is 0 Å². The van der Waals surface area contributed by atoms with Gasteiger partial charge in [0.15, 0.2) is 19.7 Å². The van der Waals surface area contributed by atoms with E-state index in [1.165, 1.54) is 25.8 Å². The van der Waals surface area contributed by atoms with Crippen LogP contribution in [0.25, 0.3) is 21.8 Å². The van der Waals surface area contributed by atoms with Crippen LogP contribution in [-0.4, -0.2) is 80.1 Å². The standard InChI is InChI=1S/C23H32N2O6S.C18H24N2O4S.CH4/c1-14(2)21-19-11-16-10-17(13-30-15(3)26)20(32(7,28)29)12-18(16)24(19)8-9-25(21)22(27)31-23(4,5)6;1-11(2)18-16-8-13-7-14(10-24-12(3)21)17(25(4,22)23)9-15(13)20(16)6-5-19-18;/h10-12,14,21H,8-9,13H2,1-7H3;7-9,11,18-19H,5-6,10H2,1-4H3;1H4/t21-;18-;/m11./s1. The zero-order chi connectivity index (χ0) is 42.4. The number of sulfone groups is 2. The Kier molecular flexibility index (Phi) is 13.9. The normalized spacial score (nSPS) is 16.9. The fraction of sp³-hybridized carbons (Fsp3) is 0.548. The molecular weight excluding hydrogens is 785 g/mol. The Bertz CT molecular complexity index is 2420. The highest BCUT2D eigenvalue weighted by molar-refractivity contribution is 7.91. The van der Waals surface area contributed by atoms with Crippen molar-refractivity contribution in [1.29, 1.82) is 0 Å². The lowest BCUT2D eigenvalue weighted by Gasteiger charge is -2.40. The van der Waals surface area contributed by atoms with Crippen LogP contribution in [0.3, 0.4) is 0 Å². The fourth-order valence-corrected chi connectivity index (χ4v) is 9.58. The van der Waals surface area contributed by atoms with E-state index in [1.54, 1.807) is 23.1 Å². The van der Waals surface area contributed by atoms with E-state index in [4.69, 9.17) is 14.2 Å². The molecule has 0 radical (unpaired) electrons. The van der Waals surface area contributed by atoms with Crippen LogP contribution in [-0.2, 0) is 69.8 Å². The Balaban J connectivity index is 0.000000259. The number of benzene rings is 2. The van der Waals surface area contributed by atoms with E-state index in [9.17, 15) is 31.2 Å². The van der Waals surface area contributed by atoms with Crippen molar-refractivity contribution >= 4 is 59.5 Å². The Morgan fingerprint density at radius 3 is 1.60 bits per heavy atom. The third-order valence-electron chi connectivity index (χ3n) is 10.0. The molecule has 4 aromatic rings. The van der Waals surface area contributed by atoms with E-state index in [0.29, 0.717) is 30.1 Å². The van der Waals surface area contributed by atoms with Crippen molar-refractivity contribution < 1.29 is 45.4 Å². The lowest BCUT2D eigenvalue weighted by molar-refractivity contribution is -0.143. The minimum Gasteiger partial charge on any atom is -0.461 e. The van der Waals surface area contributed by atoms with Crippen LogP contribution in [0, 0.1) is 11.8 Å². The molecule has 0 fully saturated rings. The van der Waals surface area contributed by atoms with Crippen molar-refractivity contribution in [2.75, 3.05) is 25.6 Å². The molecule has 0 unspecified atom stereocenters. The van der Waals surface area contributed by atoms with E-state index in [0.717, 1.165) is 46.8 Å². The number of carbonyl (C=O) groups is 3. The average molecular weight is 845 g/mol. The van der Waals surface area contributed by atoms with E-state index in [1.807, 2.05) is 46.8 Å². The summed E-state index contributed by atoms with van der Waals surface area (Å²) >= 11 is 0. The number of ether oxygens (including phenoxy) is 3. The quantitative estimate of drug-likeness (QED) is 0.142. The Hall–Kier alpha value is -4.41. The van der Waals surface area contributed by atoms with Gasteiger partial charge in [-0.1, -0.05) is 35.1 Å². The summed E-state index contributed by atoms with van der Waals surface area (Å²) in [5, 5.41) is 5.34. The van der Waals surface area contributed by atoms with Gasteiger partial charge >= 0.3 is 18.0 Å². The molecule has 0 spiro atoms. The van der Waals surface area contributed by atoms with Crippen molar-refractivity contribution in [1.82, 2.24) is 19.4 Å². The summed E-state index contributed by atoms with van der Waals surface area (Å²) in [6, 6.07) is 11.1. The van der Waals surface area contributed by atoms with E-state index in [-0.39, 0.29) is 54.5 Å². The molecule has 0 saturated carbocycles. The lowest BCUT2D eigenvalue weighted by Crippen LogP contribution is -2.46. The highest BCUT2D eigenvalue weighted by atomic mass is 32.2. The van der Waals surface area contributed by atoms with E-state index >= 15 is 0 Å². The summed E-state index contributed by atoms with van der Waals surface area (Å²) in [5.41, 5.74) is 4.14. The van der Waals surface area contributed by atoms with Gasteiger partial charge < -0.3 is 28.7 Å². The Labute approximate surface area is 343 Å². The second kappa shape index (κ2) is 17.4. The molecule has 1 amide bonds. The zero-order valence-electron chi connectivity index (χ0n) is 34.8. The maximum Gasteiger partial charge on any atom is 0.410 e. The molecule has 4 heterocycles. The molecule has 2 atom stereocenters. The molecule has 320 valence electrons. The van der Waals surface area contributed by atoms with Gasteiger partial charge in [-0.3, -0.25) is 14.5 Å². The van der Waals surface area contributed by atoms with Gasteiger partial charge in [-0.2, -0.15) is 0 Å². The molecule has 2 aliphatic rings. The second-order valence-corrected chi connectivity index (χ2v) is 20.6. The number of carbonyl (C=O) groups excluding carboxylic acids is 3. The van der Waals surface area contributed by atoms with Crippen LogP contribution in [0.15, 0.2) is 46.2 Å². The minimum atomic E-state index is -3.54. The maximum atomic E-state index is 12.9. The summed E-state index contributed by atoms with van der Waals surface area (Å²) in [5.74, 6) is -0.368. The predicted octanol–water partition coefficient (Wildman–Crippen LogP) is 7.10. The monoisotopic (exact) mass is 844 g/mol. The van der Waals surface area contributed by atoms with Crippen molar-refractivity contribution in [3.8, 4) is 0 Å². The molecule has 0 aliphatic carbocycles. The molecule has 6 rings (SSSR count). The molecule has 2 aliphatic heterocycles. The molecule has 1 N–H and O–H groups in total. The Morgan fingerprint density at radius 1 is 0.724 bits per heavy atom. The highest BCUT2D eigenvalue weighted by Gasteiger charge is 2.37. The number of hydrogen-bond acceptors (Lipinski definition) is 11. The van der Waals surface area contributed by atoms with Gasteiger partial charge in [0.1, 0.15) is 18.8 Å². The molecule has 14 nitrogen and oxygen atoms in total. The first-order valence-electron chi connectivity index (χ1n) is 19.1. The highest BCUT2D eigenvalue weighted by Crippen LogP contribution is 2.39. The van der Waals surface area contributed by atoms with Crippen LogP contribution in [0.1, 0.15) is 104 Å². The van der Waals surface area contributed by atoms with Gasteiger partial charge in [-0.15, -0.1) is 0 Å². The first kappa shape index (κ1) is 46.3. The molecule has 2 aromatic heterocycles. The number of aromatic nitrogens is 2. The van der Waals surface area contributed by atoms with Crippen LogP contribution < -0.4 is 5.32 Å². The first-order chi connectivity index (χ1) is 26.4. The van der Waals surface area contributed by atoms with Crippen molar-refractivity contribution in [2.45, 2.75) is 124 Å². The number of esters is 2. The lowest BCUT2D eigenvalue weighted by atomic mass is 9.97. The number of amides is 1. The topological polar surface area (TPSA) is 172 Å². The van der Waals surface area contributed by atoms with Crippen molar-refractivity contribution in [3.05, 3.63) is 58.9 Å². The summed E-state index contributed by atoms with van der Waals surface area (Å²) < 4.78 is 69.4. The summed E-state index contributed by atoms with van der Waals surface area (Å²) in [6.07, 6.45) is 1.97. The first-order valence-corrected chi connectivity index (χ1v) is 22.9. The van der Waals surface area contributed by atoms with Gasteiger partial charge in [-0.05, 0) is 69.0 Å². The maximum absolute atomic E-state index is 12.9. The summed E-state index contributed by atoms with van der Waals surface area (Å²) in [7, 11) is -6.97. The smallest absolute Gasteiger partial charge is 0.410 e. The Morgan fingerprint density at radius 2 is 1.19 bits per heavy atom. The number of fused-ring (bicyclic) bond motifs is 6. The van der Waals surface area contributed by atoms with Crippen LogP contribution in [0.2, 0.25) is 0 Å². The predicted molar refractivity (Wildman–Crippen MR) is 224 cm³/mol. The van der Waals surface area contributed by atoms with Crippen LogP contribution in [0.4, 0.5) is 4.79 Å². The number of nitrogens with one attached hydrogen (secondary N) is 1. The third-order valence-corrected chi connectivity index (χ3v) is 12.4. The van der Waals surface area contributed by atoms with E-state index < -0.39 is 37.2 Å². The van der Waals surface area contributed by atoms with Gasteiger partial charge in [0.05, 0.1) is 15.8 Å². The molecule has 0 saturated heterocycles. The molecule has 2 aromatic carbocycles. The van der Waals surface area contributed by atoms with Gasteiger partial charge in [-0.25, -0.2) is 21.6 Å². The molecule has 0 bridgehead atoms. The fourth-order valence-electron chi connectivity index (χ4n) is 7.74. The van der Waals surface area contributed by atoms with Gasteiger partial charge in [0.25, 0.3) is 0 Å². The SMILES string of the molecule is C.CC(=O)OCc1cc2cc3n(c2cc1S(C)(=O)=O)CCN(C(=O)OC(C)(C)C)[C@@H]3C(C)C.CC(=O)OCc1cc2cc3n(c2cc1S(C)(=O)=O)CCN[C@@H]3C(C)C. The molecule has 16 heteroatoms. The average Bonchev–Trinajstić information content (AvgIpc) is 3.64. The number of rotatable bonds is 8. The van der Waals surface area contributed by atoms with Gasteiger partial charge in [0.2, 0.25) is 0 Å². The van der Waals surface area contributed by atoms with Crippen molar-refractivity contribution in [2.24, 2.45) is 11.8 Å². The van der Waals surface area contributed by atoms with Crippen LogP contribution >= 0.6 is 0 Å². The number of nitrogens with zero attached hydrogens (tertiary/aromatic N) is 3.